The molecule has 0 spiro atoms. The minimum atomic E-state index is -0.0715. The van der Waals surface area contributed by atoms with Gasteiger partial charge in [0.1, 0.15) is 4.83 Å². The summed E-state index contributed by atoms with van der Waals surface area (Å²) in [7, 11) is 0. The number of amides is 1. The monoisotopic (exact) mass is 323 g/mol. The molecule has 0 saturated heterocycles. The zero-order valence-corrected chi connectivity index (χ0v) is 13.5. The Hall–Kier alpha value is -1.34. The number of aromatic amines is 1. The van der Waals surface area contributed by atoms with Gasteiger partial charge in [-0.1, -0.05) is 11.8 Å². The van der Waals surface area contributed by atoms with Gasteiger partial charge < -0.3 is 10.3 Å². The van der Waals surface area contributed by atoms with Crippen molar-refractivity contribution in [2.45, 2.75) is 37.8 Å². The molecule has 0 unspecified atom stereocenters. The molecule has 2 N–H and O–H groups in total. The molecule has 2 aromatic rings. The summed E-state index contributed by atoms with van der Waals surface area (Å²) in [5, 5.41) is 4.02. The molecule has 0 aromatic carbocycles. The maximum atomic E-state index is 12.3. The van der Waals surface area contributed by atoms with E-state index in [-0.39, 0.29) is 17.2 Å². The number of carbonyl (C=O) groups excluding carboxylic acids is 1. The number of nitrogens with one attached hydrogen (secondary N) is 2. The molecule has 7 heteroatoms. The lowest BCUT2D eigenvalue weighted by atomic mass is 9.97. The third-order valence-corrected chi connectivity index (χ3v) is 5.58. The molecule has 21 heavy (non-hydrogen) atoms. The second-order valence-corrected chi connectivity index (χ2v) is 7.05. The van der Waals surface area contributed by atoms with Gasteiger partial charge in [0.2, 0.25) is 5.91 Å². The molecular formula is C14H17N3O2S2. The van der Waals surface area contributed by atoms with E-state index in [0.717, 1.165) is 29.5 Å². The van der Waals surface area contributed by atoms with E-state index in [0.29, 0.717) is 11.7 Å². The number of carbonyl (C=O) groups is 1. The lowest BCUT2D eigenvalue weighted by Gasteiger charge is -2.09. The fourth-order valence-corrected chi connectivity index (χ4v) is 4.61. The largest absolute Gasteiger partial charge is 0.356 e. The Morgan fingerprint density at radius 2 is 2.24 bits per heavy atom. The number of thioether (sulfide) groups is 1. The second-order valence-electron chi connectivity index (χ2n) is 5.00. The van der Waals surface area contributed by atoms with E-state index >= 15 is 0 Å². The van der Waals surface area contributed by atoms with Gasteiger partial charge in [-0.05, 0) is 38.2 Å². The summed E-state index contributed by atoms with van der Waals surface area (Å²) in [5.41, 5.74) is 1.12. The van der Waals surface area contributed by atoms with Crippen LogP contribution in [0.5, 0.6) is 0 Å². The van der Waals surface area contributed by atoms with Crippen LogP contribution in [0.4, 0.5) is 0 Å². The third kappa shape index (κ3) is 2.98. The van der Waals surface area contributed by atoms with Gasteiger partial charge in [-0.3, -0.25) is 9.59 Å². The van der Waals surface area contributed by atoms with E-state index in [1.54, 1.807) is 11.3 Å². The maximum absolute atomic E-state index is 12.3. The summed E-state index contributed by atoms with van der Waals surface area (Å²) in [5.74, 6) is 0.226. The molecule has 2 heterocycles. The molecule has 1 aliphatic rings. The normalized spacial score (nSPS) is 14.1. The van der Waals surface area contributed by atoms with Crippen LogP contribution in [0.25, 0.3) is 10.2 Å². The molecule has 0 bridgehead atoms. The summed E-state index contributed by atoms with van der Waals surface area (Å²) in [4.78, 5) is 33.2. The maximum Gasteiger partial charge on any atom is 0.260 e. The van der Waals surface area contributed by atoms with E-state index in [1.165, 1.54) is 28.6 Å². The van der Waals surface area contributed by atoms with Crippen LogP contribution in [0, 0.1) is 0 Å². The predicted molar refractivity (Wildman–Crippen MR) is 86.3 cm³/mol. The Morgan fingerprint density at radius 3 is 3.05 bits per heavy atom. The molecule has 0 aliphatic heterocycles. The number of rotatable bonds is 4. The molecule has 0 fully saturated rings. The number of fused-ring (bicyclic) bond motifs is 3. The summed E-state index contributed by atoms with van der Waals surface area (Å²) in [6.07, 6.45) is 4.37. The molecule has 0 saturated carbocycles. The van der Waals surface area contributed by atoms with Crippen molar-refractivity contribution in [3.05, 3.63) is 20.8 Å². The van der Waals surface area contributed by atoms with Gasteiger partial charge in [0, 0.05) is 11.4 Å². The number of hydrogen-bond acceptors (Lipinski definition) is 5. The van der Waals surface area contributed by atoms with E-state index < -0.39 is 0 Å². The number of aromatic nitrogens is 2. The molecule has 5 nitrogen and oxygen atoms in total. The summed E-state index contributed by atoms with van der Waals surface area (Å²) >= 11 is 2.90. The minimum Gasteiger partial charge on any atom is -0.356 e. The van der Waals surface area contributed by atoms with Crippen LogP contribution in [0.3, 0.4) is 0 Å². The quantitative estimate of drug-likeness (QED) is 0.667. The van der Waals surface area contributed by atoms with Crippen LogP contribution in [0.15, 0.2) is 9.95 Å². The number of thiophene rings is 1. The van der Waals surface area contributed by atoms with Crippen LogP contribution < -0.4 is 10.9 Å². The minimum absolute atomic E-state index is 0.0456. The Labute approximate surface area is 130 Å². The van der Waals surface area contributed by atoms with Crippen molar-refractivity contribution >= 4 is 39.2 Å². The second kappa shape index (κ2) is 6.19. The Balaban J connectivity index is 1.89. The van der Waals surface area contributed by atoms with Crippen molar-refractivity contribution < 1.29 is 4.79 Å². The standard InChI is InChI=1S/C14H17N3O2S2/c1-2-15-10(18)7-20-14-16-12(19)11-8-5-3-4-6-9(8)21-13(11)17-14/h2-7H2,1H3,(H,15,18)(H,16,17,19). The highest BCUT2D eigenvalue weighted by molar-refractivity contribution is 7.99. The van der Waals surface area contributed by atoms with Gasteiger partial charge in [0.25, 0.3) is 5.56 Å². The van der Waals surface area contributed by atoms with Crippen molar-refractivity contribution in [1.29, 1.82) is 0 Å². The lowest BCUT2D eigenvalue weighted by Crippen LogP contribution is -2.24. The summed E-state index contributed by atoms with van der Waals surface area (Å²) in [6, 6.07) is 0. The van der Waals surface area contributed by atoms with Crippen molar-refractivity contribution in [1.82, 2.24) is 15.3 Å². The van der Waals surface area contributed by atoms with Crippen molar-refractivity contribution in [2.75, 3.05) is 12.3 Å². The van der Waals surface area contributed by atoms with Gasteiger partial charge in [-0.2, -0.15) is 0 Å². The van der Waals surface area contributed by atoms with E-state index in [9.17, 15) is 9.59 Å². The van der Waals surface area contributed by atoms with Crippen molar-refractivity contribution in [3.8, 4) is 0 Å². The molecule has 3 rings (SSSR count). The first-order valence-electron chi connectivity index (χ1n) is 7.13. The third-order valence-electron chi connectivity index (χ3n) is 3.52. The van der Waals surface area contributed by atoms with E-state index in [2.05, 4.69) is 15.3 Å². The Morgan fingerprint density at radius 1 is 1.43 bits per heavy atom. The molecule has 0 atom stereocenters. The first-order valence-corrected chi connectivity index (χ1v) is 8.93. The van der Waals surface area contributed by atoms with Crippen LogP contribution in [0.2, 0.25) is 0 Å². The Bertz CT molecular complexity index is 736. The molecule has 1 aliphatic carbocycles. The molecule has 2 aromatic heterocycles. The zero-order chi connectivity index (χ0) is 14.8. The van der Waals surface area contributed by atoms with E-state index in [4.69, 9.17) is 0 Å². The highest BCUT2D eigenvalue weighted by atomic mass is 32.2. The summed E-state index contributed by atoms with van der Waals surface area (Å²) in [6.45, 7) is 2.49. The fourth-order valence-electron chi connectivity index (χ4n) is 2.59. The highest BCUT2D eigenvalue weighted by Gasteiger charge is 2.19. The zero-order valence-electron chi connectivity index (χ0n) is 11.8. The van der Waals surface area contributed by atoms with Crippen molar-refractivity contribution in [3.63, 3.8) is 0 Å². The van der Waals surface area contributed by atoms with Crippen molar-refractivity contribution in [2.24, 2.45) is 0 Å². The molecule has 0 radical (unpaired) electrons. The number of hydrogen-bond donors (Lipinski definition) is 2. The highest BCUT2D eigenvalue weighted by Crippen LogP contribution is 2.34. The molecule has 112 valence electrons. The van der Waals surface area contributed by atoms with Gasteiger partial charge in [-0.15, -0.1) is 11.3 Å². The van der Waals surface area contributed by atoms with Gasteiger partial charge >= 0.3 is 0 Å². The van der Waals surface area contributed by atoms with Crippen LogP contribution in [-0.4, -0.2) is 28.2 Å². The number of nitrogens with zero attached hydrogens (tertiary/aromatic N) is 1. The number of aryl methyl sites for hydroxylation is 2. The van der Waals surface area contributed by atoms with Crippen LogP contribution >= 0.6 is 23.1 Å². The first-order chi connectivity index (χ1) is 10.2. The number of H-pyrrole nitrogens is 1. The average molecular weight is 323 g/mol. The molecular weight excluding hydrogens is 306 g/mol. The first kappa shape index (κ1) is 14.6. The van der Waals surface area contributed by atoms with Crippen LogP contribution in [0.1, 0.15) is 30.2 Å². The predicted octanol–water partition coefficient (Wildman–Crippen LogP) is 2.09. The smallest absolute Gasteiger partial charge is 0.260 e. The van der Waals surface area contributed by atoms with Gasteiger partial charge in [0.15, 0.2) is 5.16 Å². The van der Waals surface area contributed by atoms with Gasteiger partial charge in [-0.25, -0.2) is 4.98 Å². The Kier molecular flexibility index (Phi) is 4.30. The van der Waals surface area contributed by atoms with Gasteiger partial charge in [0.05, 0.1) is 11.1 Å². The lowest BCUT2D eigenvalue weighted by molar-refractivity contribution is -0.118. The summed E-state index contributed by atoms with van der Waals surface area (Å²) < 4.78 is 0. The SMILES string of the molecule is CCNC(=O)CSc1nc2sc3c(c2c(=O)[nH]1)CCCC3. The average Bonchev–Trinajstić information content (AvgIpc) is 2.84. The fraction of sp³-hybridized carbons (Fsp3) is 0.500. The van der Waals surface area contributed by atoms with E-state index in [1.807, 2.05) is 6.92 Å². The van der Waals surface area contributed by atoms with Crippen LogP contribution in [-0.2, 0) is 17.6 Å². The topological polar surface area (TPSA) is 74.8 Å². The molecule has 1 amide bonds.